The van der Waals surface area contributed by atoms with E-state index in [1.165, 1.54) is 12.8 Å². The van der Waals surface area contributed by atoms with Crippen molar-refractivity contribution < 1.29 is 22.7 Å². The number of methoxy groups -OCH3 is 1. The molecule has 2 N–H and O–H groups in total. The van der Waals surface area contributed by atoms with Gasteiger partial charge in [-0.2, -0.15) is 13.2 Å². The highest BCUT2D eigenvalue weighted by Crippen LogP contribution is 2.34. The molecule has 7 heteroatoms. The molecule has 3 atom stereocenters. The Morgan fingerprint density at radius 1 is 1.37 bits per heavy atom. The highest BCUT2D eigenvalue weighted by atomic mass is 19.4. The zero-order valence-corrected chi connectivity index (χ0v) is 15.5. The van der Waals surface area contributed by atoms with Gasteiger partial charge in [0.15, 0.2) is 0 Å². The third-order valence-corrected chi connectivity index (χ3v) is 5.20. The van der Waals surface area contributed by atoms with Gasteiger partial charge in [-0.05, 0) is 55.4 Å². The maximum atomic E-state index is 12.8. The number of ether oxygens (including phenoxy) is 1. The fraction of sp³-hybridized carbons (Fsp3) is 0.550. The van der Waals surface area contributed by atoms with Gasteiger partial charge in [-0.3, -0.25) is 4.79 Å². The average molecular weight is 382 g/mol. The van der Waals surface area contributed by atoms with E-state index in [-0.39, 0.29) is 19.0 Å². The second kappa shape index (κ2) is 7.92. The lowest BCUT2D eigenvalue weighted by Crippen LogP contribution is -2.41. The smallest absolute Gasteiger partial charge is 0.393 e. The summed E-state index contributed by atoms with van der Waals surface area (Å²) in [7, 11) is 1.59. The van der Waals surface area contributed by atoms with Crippen molar-refractivity contribution in [1.82, 2.24) is 10.6 Å². The first-order chi connectivity index (χ1) is 12.8. The summed E-state index contributed by atoms with van der Waals surface area (Å²) >= 11 is 0. The number of hydrogen-bond acceptors (Lipinski definition) is 3. The van der Waals surface area contributed by atoms with Crippen molar-refractivity contribution >= 4 is 12.0 Å². The van der Waals surface area contributed by atoms with Crippen molar-refractivity contribution in [2.45, 2.75) is 44.4 Å². The maximum absolute atomic E-state index is 12.8. The van der Waals surface area contributed by atoms with E-state index < -0.39 is 24.0 Å². The molecule has 0 aromatic heterocycles. The van der Waals surface area contributed by atoms with Crippen molar-refractivity contribution in [2.75, 3.05) is 13.7 Å². The summed E-state index contributed by atoms with van der Waals surface area (Å²) < 4.78 is 43.7. The summed E-state index contributed by atoms with van der Waals surface area (Å²) in [6.07, 6.45) is 2.07. The molecular weight excluding hydrogens is 357 g/mol. The van der Waals surface area contributed by atoms with E-state index in [9.17, 15) is 18.0 Å². The highest BCUT2D eigenvalue weighted by Gasteiger charge is 2.45. The zero-order valence-electron chi connectivity index (χ0n) is 15.5. The fourth-order valence-electron chi connectivity index (χ4n) is 3.32. The summed E-state index contributed by atoms with van der Waals surface area (Å²) in [5.41, 5.74) is 1.85. The van der Waals surface area contributed by atoms with Crippen LogP contribution in [0.5, 0.6) is 5.75 Å². The molecule has 4 nitrogen and oxygen atoms in total. The third-order valence-electron chi connectivity index (χ3n) is 5.20. The molecule has 1 aromatic carbocycles. The second-order valence-corrected chi connectivity index (χ2v) is 7.36. The summed E-state index contributed by atoms with van der Waals surface area (Å²) in [6.45, 7) is 1.62. The van der Waals surface area contributed by atoms with Crippen LogP contribution in [0.4, 0.5) is 13.2 Å². The van der Waals surface area contributed by atoms with Crippen LogP contribution in [0.2, 0.25) is 0 Å². The number of carbonyl (C=O) groups excluding carboxylic acids is 1. The molecule has 2 aliphatic rings. The topological polar surface area (TPSA) is 50.4 Å². The van der Waals surface area contributed by atoms with Crippen LogP contribution in [0.15, 0.2) is 24.3 Å². The predicted octanol–water partition coefficient (Wildman–Crippen LogP) is 3.84. The van der Waals surface area contributed by atoms with Crippen LogP contribution in [0.1, 0.15) is 43.4 Å². The molecule has 1 aromatic rings. The minimum Gasteiger partial charge on any atom is -0.497 e. The van der Waals surface area contributed by atoms with Crippen molar-refractivity contribution in [1.29, 1.82) is 0 Å². The van der Waals surface area contributed by atoms with Crippen LogP contribution >= 0.6 is 0 Å². The van der Waals surface area contributed by atoms with Crippen LogP contribution in [-0.2, 0) is 4.79 Å². The molecule has 0 spiro atoms. The lowest BCUT2D eigenvalue weighted by molar-refractivity contribution is -0.169. The number of halogens is 3. The van der Waals surface area contributed by atoms with Gasteiger partial charge in [-0.15, -0.1) is 0 Å². The van der Waals surface area contributed by atoms with Crippen LogP contribution in [0, 0.1) is 11.8 Å². The van der Waals surface area contributed by atoms with Gasteiger partial charge in [-0.1, -0.05) is 18.2 Å². The quantitative estimate of drug-likeness (QED) is 0.786. The summed E-state index contributed by atoms with van der Waals surface area (Å²) in [5, 5.41) is 5.53. The van der Waals surface area contributed by atoms with E-state index in [0.29, 0.717) is 5.92 Å². The Morgan fingerprint density at radius 2 is 2.11 bits per heavy atom. The second-order valence-electron chi connectivity index (χ2n) is 7.36. The summed E-state index contributed by atoms with van der Waals surface area (Å²) in [5.74, 6) is -0.544. The van der Waals surface area contributed by atoms with Crippen molar-refractivity contribution in [3.8, 4) is 5.75 Å². The Labute approximate surface area is 157 Å². The molecule has 1 saturated heterocycles. The van der Waals surface area contributed by atoms with Crippen LogP contribution in [-0.4, -0.2) is 31.8 Å². The standard InChI is InChI=1S/C20H25F3N2O2/c1-12(25-19(26)18-10-15(11-24-18)20(21,22)23)17-8-7-16(27-2)9-14(17)6-5-13-3-4-13/h5-9,12-13,15,18,24H,3-4,10-11H2,1-2H3,(H,25,26)/b6-5+/t12-,15+,18-/m0/s1. The number of hydrogen-bond donors (Lipinski definition) is 2. The minimum atomic E-state index is -4.27. The molecule has 1 aliphatic carbocycles. The lowest BCUT2D eigenvalue weighted by Gasteiger charge is -2.20. The van der Waals surface area contributed by atoms with E-state index in [0.717, 1.165) is 16.9 Å². The third kappa shape index (κ3) is 5.03. The summed E-state index contributed by atoms with van der Waals surface area (Å²) in [6, 6.07) is 4.47. The molecule has 0 radical (unpaired) electrons. The maximum Gasteiger partial charge on any atom is 0.393 e. The van der Waals surface area contributed by atoms with Crippen LogP contribution in [0.3, 0.4) is 0 Å². The van der Waals surface area contributed by atoms with Crippen molar-refractivity contribution in [3.63, 3.8) is 0 Å². The van der Waals surface area contributed by atoms with E-state index in [2.05, 4.69) is 16.7 Å². The van der Waals surface area contributed by atoms with Gasteiger partial charge in [0.2, 0.25) is 5.91 Å². The molecule has 0 bridgehead atoms. The molecule has 3 rings (SSSR count). The van der Waals surface area contributed by atoms with Gasteiger partial charge >= 0.3 is 6.18 Å². The number of allylic oxidation sites excluding steroid dienone is 1. The van der Waals surface area contributed by atoms with Gasteiger partial charge in [0.1, 0.15) is 5.75 Å². The van der Waals surface area contributed by atoms with Crippen molar-refractivity contribution in [2.24, 2.45) is 11.8 Å². The molecule has 1 saturated carbocycles. The monoisotopic (exact) mass is 382 g/mol. The Balaban J connectivity index is 1.68. The Kier molecular flexibility index (Phi) is 5.79. The normalized spacial score (nSPS) is 24.2. The Morgan fingerprint density at radius 3 is 2.70 bits per heavy atom. The number of amides is 1. The molecule has 1 amide bonds. The molecule has 0 unspecified atom stereocenters. The predicted molar refractivity (Wildman–Crippen MR) is 97.3 cm³/mol. The van der Waals surface area contributed by atoms with Gasteiger partial charge in [0.05, 0.1) is 25.1 Å². The summed E-state index contributed by atoms with van der Waals surface area (Å²) in [4.78, 5) is 12.4. The number of benzene rings is 1. The van der Waals surface area contributed by atoms with E-state index in [1.807, 2.05) is 31.2 Å². The van der Waals surface area contributed by atoms with E-state index >= 15 is 0 Å². The van der Waals surface area contributed by atoms with Gasteiger partial charge in [0.25, 0.3) is 0 Å². The van der Waals surface area contributed by atoms with E-state index in [4.69, 9.17) is 4.74 Å². The first kappa shape index (κ1) is 19.7. The molecule has 1 heterocycles. The molecular formula is C20H25F3N2O2. The minimum absolute atomic E-state index is 0.214. The van der Waals surface area contributed by atoms with Gasteiger partial charge in [0, 0.05) is 6.54 Å². The van der Waals surface area contributed by atoms with Crippen LogP contribution in [0.25, 0.3) is 6.08 Å². The zero-order chi connectivity index (χ0) is 19.6. The van der Waals surface area contributed by atoms with Gasteiger partial charge in [-0.25, -0.2) is 0 Å². The van der Waals surface area contributed by atoms with Crippen molar-refractivity contribution in [3.05, 3.63) is 35.4 Å². The molecule has 2 fully saturated rings. The fourth-order valence-corrected chi connectivity index (χ4v) is 3.32. The molecule has 148 valence electrons. The SMILES string of the molecule is COc1ccc([C@H](C)NC(=O)[C@@H]2C[C@@H](C(F)(F)F)CN2)c(/C=C/C2CC2)c1. The number of alkyl halides is 3. The average Bonchev–Trinajstić information content (AvgIpc) is 3.30. The van der Waals surface area contributed by atoms with Crippen LogP contribution < -0.4 is 15.4 Å². The largest absolute Gasteiger partial charge is 0.497 e. The highest BCUT2D eigenvalue weighted by molar-refractivity contribution is 5.82. The molecule has 1 aliphatic heterocycles. The first-order valence-corrected chi connectivity index (χ1v) is 9.24. The number of carbonyl (C=O) groups is 1. The Hall–Kier alpha value is -2.02. The van der Waals surface area contributed by atoms with Gasteiger partial charge < -0.3 is 15.4 Å². The molecule has 27 heavy (non-hydrogen) atoms. The van der Waals surface area contributed by atoms with E-state index in [1.54, 1.807) is 7.11 Å². The Bertz CT molecular complexity index is 714. The first-order valence-electron chi connectivity index (χ1n) is 9.24. The number of rotatable bonds is 6. The lowest BCUT2D eigenvalue weighted by atomic mass is 9.99. The number of nitrogens with one attached hydrogen (secondary N) is 2.